The van der Waals surface area contributed by atoms with Crippen LogP contribution in [0.1, 0.15) is 29.9 Å². The number of hydrogen-bond donors (Lipinski definition) is 2. The van der Waals surface area contributed by atoms with Gasteiger partial charge in [0.15, 0.2) is 0 Å². The van der Waals surface area contributed by atoms with Crippen molar-refractivity contribution in [3.8, 4) is 11.1 Å². The highest BCUT2D eigenvalue weighted by atomic mass is 19.3. The van der Waals surface area contributed by atoms with Crippen molar-refractivity contribution in [3.05, 3.63) is 59.7 Å². The predicted octanol–water partition coefficient (Wildman–Crippen LogP) is 3.24. The molecule has 1 atom stereocenters. The number of carbonyl (C=O) groups is 3. The molecule has 2 aliphatic rings. The largest absolute Gasteiger partial charge is 0.480 e. The summed E-state index contributed by atoms with van der Waals surface area (Å²) >= 11 is 0. The van der Waals surface area contributed by atoms with Gasteiger partial charge in [-0.05, 0) is 35.1 Å². The number of halogens is 2. The average Bonchev–Trinajstić information content (AvgIpc) is 3.39. The number of alkyl halides is 2. The van der Waals surface area contributed by atoms with Crippen molar-refractivity contribution in [2.45, 2.75) is 30.7 Å². The second-order valence-corrected chi connectivity index (χ2v) is 7.88. The third kappa shape index (κ3) is 4.02. The van der Waals surface area contributed by atoms with Crippen LogP contribution < -0.4 is 5.32 Å². The van der Waals surface area contributed by atoms with Gasteiger partial charge in [-0.3, -0.25) is 4.79 Å². The SMILES string of the molecule is O=C(NCC(F)(F)C(=O)N1CCC[C@H]1C(=O)O)OCC1c2ccccc2-c2ccccc21. The summed E-state index contributed by atoms with van der Waals surface area (Å²) in [4.78, 5) is 36.1. The summed E-state index contributed by atoms with van der Waals surface area (Å²) in [5.74, 6) is -7.10. The van der Waals surface area contributed by atoms with Crippen LogP contribution in [0.25, 0.3) is 11.1 Å². The Morgan fingerprint density at radius 1 is 1.06 bits per heavy atom. The van der Waals surface area contributed by atoms with Gasteiger partial charge in [0.1, 0.15) is 12.6 Å². The molecular formula is C23H22F2N2O5. The number of nitrogens with one attached hydrogen (secondary N) is 1. The highest BCUT2D eigenvalue weighted by Gasteiger charge is 2.47. The minimum atomic E-state index is -3.94. The number of carboxylic acid groups (broad SMARTS) is 1. The standard InChI is InChI=1S/C23H22F2N2O5/c24-23(25,21(30)27-11-5-10-19(27)20(28)29)13-26-22(31)32-12-18-16-8-3-1-6-14(16)15-7-2-4-9-17(15)18/h1-4,6-9,18-19H,5,10-13H2,(H,26,31)(H,28,29)/t19-/m0/s1. The number of benzene rings is 2. The van der Waals surface area contributed by atoms with Gasteiger partial charge < -0.3 is 20.1 Å². The van der Waals surface area contributed by atoms with Crippen molar-refractivity contribution >= 4 is 18.0 Å². The molecule has 4 rings (SSSR count). The minimum absolute atomic E-state index is 0.0490. The predicted molar refractivity (Wildman–Crippen MR) is 110 cm³/mol. The Hall–Kier alpha value is -3.49. The molecule has 0 aromatic heterocycles. The maximum absolute atomic E-state index is 14.3. The topological polar surface area (TPSA) is 95.9 Å². The Labute approximate surface area is 183 Å². The van der Waals surface area contributed by atoms with E-state index in [1.807, 2.05) is 53.8 Å². The summed E-state index contributed by atoms with van der Waals surface area (Å²) in [6.07, 6.45) is -0.620. The Balaban J connectivity index is 1.36. The molecule has 1 heterocycles. The lowest BCUT2D eigenvalue weighted by Crippen LogP contribution is -2.52. The lowest BCUT2D eigenvalue weighted by atomic mass is 9.98. The van der Waals surface area contributed by atoms with Gasteiger partial charge in [-0.15, -0.1) is 0 Å². The third-order valence-electron chi connectivity index (χ3n) is 5.91. The van der Waals surface area contributed by atoms with Crippen LogP contribution in [0.2, 0.25) is 0 Å². The molecule has 0 radical (unpaired) electrons. The Bertz CT molecular complexity index is 1010. The molecule has 9 heteroatoms. The van der Waals surface area contributed by atoms with Crippen molar-refractivity contribution in [2.75, 3.05) is 19.7 Å². The van der Waals surface area contributed by atoms with E-state index in [0.717, 1.165) is 22.3 Å². The first-order chi connectivity index (χ1) is 15.3. The van der Waals surface area contributed by atoms with E-state index >= 15 is 0 Å². The fraction of sp³-hybridized carbons (Fsp3) is 0.348. The number of rotatable bonds is 6. The normalized spacial score (nSPS) is 17.6. The number of hydrogen-bond acceptors (Lipinski definition) is 4. The van der Waals surface area contributed by atoms with Crippen LogP contribution in [0, 0.1) is 0 Å². The van der Waals surface area contributed by atoms with Crippen LogP contribution >= 0.6 is 0 Å². The third-order valence-corrected chi connectivity index (χ3v) is 5.91. The lowest BCUT2D eigenvalue weighted by molar-refractivity contribution is -0.162. The monoisotopic (exact) mass is 444 g/mol. The summed E-state index contributed by atoms with van der Waals surface area (Å²) in [6.45, 7) is -1.38. The van der Waals surface area contributed by atoms with Crippen LogP contribution in [0.5, 0.6) is 0 Å². The number of aliphatic carboxylic acids is 1. The summed E-state index contributed by atoms with van der Waals surface area (Å²) < 4.78 is 33.9. The molecule has 0 spiro atoms. The fourth-order valence-electron chi connectivity index (χ4n) is 4.38. The summed E-state index contributed by atoms with van der Waals surface area (Å²) in [5, 5.41) is 11.0. The van der Waals surface area contributed by atoms with Gasteiger partial charge in [-0.25, -0.2) is 9.59 Å². The van der Waals surface area contributed by atoms with Gasteiger partial charge in [-0.2, -0.15) is 8.78 Å². The first-order valence-electron chi connectivity index (χ1n) is 10.3. The molecule has 1 aliphatic carbocycles. The Kier molecular flexibility index (Phi) is 5.82. The second kappa shape index (κ2) is 8.57. The highest BCUT2D eigenvalue weighted by molar-refractivity contribution is 5.89. The molecule has 2 aromatic carbocycles. The molecular weight excluding hydrogens is 422 g/mol. The van der Waals surface area contributed by atoms with E-state index in [4.69, 9.17) is 9.84 Å². The van der Waals surface area contributed by atoms with E-state index in [9.17, 15) is 23.2 Å². The number of likely N-dealkylation sites (tertiary alicyclic amines) is 1. The first-order valence-corrected chi connectivity index (χ1v) is 10.3. The zero-order valence-electron chi connectivity index (χ0n) is 17.1. The number of alkyl carbamates (subject to hydrolysis) is 1. The quantitative estimate of drug-likeness (QED) is 0.713. The van der Waals surface area contributed by atoms with E-state index in [2.05, 4.69) is 0 Å². The number of ether oxygens (including phenoxy) is 1. The summed E-state index contributed by atoms with van der Waals surface area (Å²) in [6, 6.07) is 14.1. The smallest absolute Gasteiger partial charge is 0.407 e. The fourth-order valence-corrected chi connectivity index (χ4v) is 4.38. The van der Waals surface area contributed by atoms with Gasteiger partial charge in [0.05, 0.1) is 6.54 Å². The van der Waals surface area contributed by atoms with Crippen LogP contribution in [0.3, 0.4) is 0 Å². The van der Waals surface area contributed by atoms with Gasteiger partial charge in [0.2, 0.25) is 0 Å². The number of carboxylic acids is 1. The van der Waals surface area contributed by atoms with E-state index in [1.165, 1.54) is 0 Å². The highest BCUT2D eigenvalue weighted by Crippen LogP contribution is 2.44. The molecule has 2 amide bonds. The van der Waals surface area contributed by atoms with Crippen LogP contribution in [-0.2, 0) is 14.3 Å². The van der Waals surface area contributed by atoms with Crippen molar-refractivity contribution in [1.29, 1.82) is 0 Å². The number of carbonyl (C=O) groups excluding carboxylic acids is 2. The molecule has 1 saturated heterocycles. The van der Waals surface area contributed by atoms with Crippen LogP contribution in [0.4, 0.5) is 13.6 Å². The number of amides is 2. The molecule has 1 fully saturated rings. The van der Waals surface area contributed by atoms with E-state index < -0.39 is 36.5 Å². The Morgan fingerprint density at radius 3 is 2.25 bits per heavy atom. The molecule has 0 unspecified atom stereocenters. The molecule has 2 N–H and O–H groups in total. The van der Waals surface area contributed by atoms with E-state index in [1.54, 1.807) is 0 Å². The molecule has 32 heavy (non-hydrogen) atoms. The molecule has 168 valence electrons. The second-order valence-electron chi connectivity index (χ2n) is 7.88. The molecule has 2 aromatic rings. The maximum Gasteiger partial charge on any atom is 0.407 e. The molecule has 7 nitrogen and oxygen atoms in total. The zero-order valence-corrected chi connectivity index (χ0v) is 17.1. The van der Waals surface area contributed by atoms with Gasteiger partial charge >= 0.3 is 18.0 Å². The van der Waals surface area contributed by atoms with E-state index in [-0.39, 0.29) is 25.5 Å². The van der Waals surface area contributed by atoms with Crippen LogP contribution in [-0.4, -0.2) is 59.6 Å². The van der Waals surface area contributed by atoms with Crippen LogP contribution in [0.15, 0.2) is 48.5 Å². The van der Waals surface area contributed by atoms with Crippen molar-refractivity contribution < 1.29 is 33.0 Å². The number of nitrogens with zero attached hydrogens (tertiary/aromatic N) is 1. The van der Waals surface area contributed by atoms with Gasteiger partial charge in [0, 0.05) is 12.5 Å². The molecule has 1 aliphatic heterocycles. The first kappa shape index (κ1) is 21.7. The molecule has 0 saturated carbocycles. The zero-order chi connectivity index (χ0) is 22.9. The van der Waals surface area contributed by atoms with E-state index in [0.29, 0.717) is 11.3 Å². The number of fused-ring (bicyclic) bond motifs is 3. The average molecular weight is 444 g/mol. The summed E-state index contributed by atoms with van der Waals surface area (Å²) in [5.41, 5.74) is 4.03. The van der Waals surface area contributed by atoms with Crippen molar-refractivity contribution in [2.24, 2.45) is 0 Å². The Morgan fingerprint density at radius 2 is 1.66 bits per heavy atom. The molecule has 0 bridgehead atoms. The maximum atomic E-state index is 14.3. The summed E-state index contributed by atoms with van der Waals surface area (Å²) in [7, 11) is 0. The van der Waals surface area contributed by atoms with Crippen molar-refractivity contribution in [1.82, 2.24) is 10.2 Å². The lowest BCUT2D eigenvalue weighted by Gasteiger charge is -2.26. The van der Waals surface area contributed by atoms with Gasteiger partial charge in [-0.1, -0.05) is 48.5 Å². The van der Waals surface area contributed by atoms with Gasteiger partial charge in [0.25, 0.3) is 5.91 Å². The van der Waals surface area contributed by atoms with Crippen molar-refractivity contribution in [3.63, 3.8) is 0 Å². The minimum Gasteiger partial charge on any atom is -0.480 e.